The number of carbonyl (C=O) groups is 2. The van der Waals surface area contributed by atoms with E-state index < -0.39 is 11.4 Å². The number of benzene rings is 1. The third-order valence-corrected chi connectivity index (χ3v) is 4.34. The Morgan fingerprint density at radius 3 is 2.80 bits per heavy atom. The zero-order valence-electron chi connectivity index (χ0n) is 11.1. The van der Waals surface area contributed by atoms with Gasteiger partial charge in [0, 0.05) is 11.6 Å². The maximum atomic E-state index is 12.2. The summed E-state index contributed by atoms with van der Waals surface area (Å²) in [5, 5.41) is 12.4. The average molecular weight is 297 g/mol. The molecule has 1 amide bonds. The predicted octanol–water partition coefficient (Wildman–Crippen LogP) is 2.30. The molecule has 20 heavy (non-hydrogen) atoms. The number of carboxylic acid groups (broad SMARTS) is 1. The molecular formula is C14H17ClN2O3. The van der Waals surface area contributed by atoms with Crippen molar-refractivity contribution in [3.05, 3.63) is 28.8 Å². The van der Waals surface area contributed by atoms with E-state index in [9.17, 15) is 14.7 Å². The Hall–Kier alpha value is -1.75. The zero-order valence-corrected chi connectivity index (χ0v) is 11.9. The van der Waals surface area contributed by atoms with Crippen LogP contribution in [0.25, 0.3) is 0 Å². The highest BCUT2D eigenvalue weighted by atomic mass is 35.5. The minimum atomic E-state index is -0.909. The van der Waals surface area contributed by atoms with Crippen LogP contribution in [0.5, 0.6) is 0 Å². The molecule has 0 aliphatic heterocycles. The van der Waals surface area contributed by atoms with Gasteiger partial charge in [0.2, 0.25) is 0 Å². The van der Waals surface area contributed by atoms with Crippen LogP contribution >= 0.6 is 11.6 Å². The molecule has 4 N–H and O–H groups in total. The molecule has 5 nitrogen and oxygen atoms in total. The Labute approximate surface area is 122 Å². The first-order chi connectivity index (χ1) is 9.34. The fourth-order valence-corrected chi connectivity index (χ4v) is 2.74. The first-order valence-electron chi connectivity index (χ1n) is 6.44. The highest BCUT2D eigenvalue weighted by Gasteiger charge is 2.45. The molecule has 1 aliphatic rings. The summed E-state index contributed by atoms with van der Waals surface area (Å²) in [5.41, 5.74) is 5.47. The van der Waals surface area contributed by atoms with Gasteiger partial charge in [-0.1, -0.05) is 18.0 Å². The zero-order chi connectivity index (χ0) is 14.9. The molecule has 0 saturated heterocycles. The molecule has 1 fully saturated rings. The van der Waals surface area contributed by atoms with Gasteiger partial charge < -0.3 is 16.2 Å². The number of amides is 1. The van der Waals surface area contributed by atoms with E-state index in [-0.39, 0.29) is 11.9 Å². The van der Waals surface area contributed by atoms with Crippen LogP contribution in [0, 0.1) is 5.41 Å². The number of halogens is 1. The molecule has 108 valence electrons. The number of hydrogen-bond acceptors (Lipinski definition) is 3. The van der Waals surface area contributed by atoms with Crippen molar-refractivity contribution in [1.29, 1.82) is 0 Å². The van der Waals surface area contributed by atoms with Gasteiger partial charge in [-0.05, 0) is 38.0 Å². The van der Waals surface area contributed by atoms with Gasteiger partial charge in [0.25, 0.3) is 5.91 Å². The molecule has 2 atom stereocenters. The van der Waals surface area contributed by atoms with Crippen LogP contribution in [0.1, 0.15) is 36.5 Å². The SMILES string of the molecule is CC1(C(=O)O)CCCC1NC(=O)c1ccc(N)c(Cl)c1. The van der Waals surface area contributed by atoms with Crippen molar-refractivity contribution in [2.75, 3.05) is 5.73 Å². The molecule has 2 unspecified atom stereocenters. The van der Waals surface area contributed by atoms with Crippen LogP contribution in [0.2, 0.25) is 5.02 Å². The van der Waals surface area contributed by atoms with E-state index in [0.29, 0.717) is 29.1 Å². The summed E-state index contributed by atoms with van der Waals surface area (Å²) in [6.45, 7) is 1.67. The van der Waals surface area contributed by atoms with E-state index >= 15 is 0 Å². The molecule has 1 aromatic carbocycles. The third kappa shape index (κ3) is 2.58. The normalized spacial score (nSPS) is 25.4. The summed E-state index contributed by atoms with van der Waals surface area (Å²) in [6.07, 6.45) is 2.02. The maximum Gasteiger partial charge on any atom is 0.311 e. The first kappa shape index (κ1) is 14.7. The Balaban J connectivity index is 2.15. The summed E-state index contributed by atoms with van der Waals surface area (Å²) < 4.78 is 0. The van der Waals surface area contributed by atoms with Gasteiger partial charge in [0.1, 0.15) is 0 Å². The fraction of sp³-hybridized carbons (Fsp3) is 0.429. The second-order valence-electron chi connectivity index (χ2n) is 5.38. The number of anilines is 1. The van der Waals surface area contributed by atoms with E-state index in [1.165, 1.54) is 6.07 Å². The lowest BCUT2D eigenvalue weighted by Crippen LogP contribution is -2.47. The number of carbonyl (C=O) groups excluding carboxylic acids is 1. The van der Waals surface area contributed by atoms with E-state index in [4.69, 9.17) is 17.3 Å². The van der Waals surface area contributed by atoms with Crippen molar-refractivity contribution in [2.45, 2.75) is 32.2 Å². The Morgan fingerprint density at radius 2 is 2.20 bits per heavy atom. The first-order valence-corrected chi connectivity index (χ1v) is 6.81. The van der Waals surface area contributed by atoms with Gasteiger partial charge in [-0.15, -0.1) is 0 Å². The standard InChI is InChI=1S/C14H17ClN2O3/c1-14(13(19)20)6-2-3-11(14)17-12(18)8-4-5-10(16)9(15)7-8/h4-5,7,11H,2-3,6,16H2,1H3,(H,17,18)(H,19,20). The van der Waals surface area contributed by atoms with Crippen LogP contribution in [-0.4, -0.2) is 23.0 Å². The molecule has 1 aliphatic carbocycles. The second kappa shape index (κ2) is 5.32. The monoisotopic (exact) mass is 296 g/mol. The molecule has 1 saturated carbocycles. The number of hydrogen-bond donors (Lipinski definition) is 3. The number of aliphatic carboxylic acids is 1. The second-order valence-corrected chi connectivity index (χ2v) is 5.78. The van der Waals surface area contributed by atoms with E-state index in [2.05, 4.69) is 5.32 Å². The van der Waals surface area contributed by atoms with Gasteiger partial charge in [-0.2, -0.15) is 0 Å². The molecule has 0 bridgehead atoms. The lowest BCUT2D eigenvalue weighted by molar-refractivity contribution is -0.148. The summed E-state index contributed by atoms with van der Waals surface area (Å²) in [4.78, 5) is 23.5. The van der Waals surface area contributed by atoms with Crippen LogP contribution in [-0.2, 0) is 4.79 Å². The third-order valence-electron chi connectivity index (χ3n) is 4.01. The lowest BCUT2D eigenvalue weighted by atomic mass is 9.85. The topological polar surface area (TPSA) is 92.4 Å². The molecule has 0 aromatic heterocycles. The smallest absolute Gasteiger partial charge is 0.311 e. The number of carboxylic acids is 1. The van der Waals surface area contributed by atoms with Gasteiger partial charge in [-0.3, -0.25) is 9.59 Å². The van der Waals surface area contributed by atoms with Crippen molar-refractivity contribution in [1.82, 2.24) is 5.32 Å². The highest BCUT2D eigenvalue weighted by molar-refractivity contribution is 6.33. The molecule has 0 radical (unpaired) electrons. The molecule has 2 rings (SSSR count). The Morgan fingerprint density at radius 1 is 1.50 bits per heavy atom. The van der Waals surface area contributed by atoms with Crippen LogP contribution in [0.4, 0.5) is 5.69 Å². The fourth-order valence-electron chi connectivity index (χ4n) is 2.56. The predicted molar refractivity (Wildman–Crippen MR) is 76.7 cm³/mol. The van der Waals surface area contributed by atoms with Crippen molar-refractivity contribution in [3.8, 4) is 0 Å². The number of nitrogens with two attached hydrogens (primary N) is 1. The summed E-state index contributed by atoms with van der Waals surface area (Å²) in [5.74, 6) is -1.21. The van der Waals surface area contributed by atoms with Gasteiger partial charge in [0.15, 0.2) is 0 Å². The van der Waals surface area contributed by atoms with Crippen molar-refractivity contribution in [3.63, 3.8) is 0 Å². The summed E-state index contributed by atoms with van der Waals surface area (Å²) >= 11 is 5.88. The van der Waals surface area contributed by atoms with E-state index in [0.717, 1.165) is 6.42 Å². The Bertz CT molecular complexity index is 561. The number of rotatable bonds is 3. The quantitative estimate of drug-likeness (QED) is 0.746. The molecule has 0 heterocycles. The lowest BCUT2D eigenvalue weighted by Gasteiger charge is -2.27. The van der Waals surface area contributed by atoms with Crippen LogP contribution in [0.3, 0.4) is 0 Å². The van der Waals surface area contributed by atoms with Crippen LogP contribution in [0.15, 0.2) is 18.2 Å². The molecule has 6 heteroatoms. The Kier molecular flexibility index (Phi) is 3.90. The van der Waals surface area contributed by atoms with Crippen molar-refractivity contribution < 1.29 is 14.7 Å². The largest absolute Gasteiger partial charge is 0.481 e. The average Bonchev–Trinajstić information content (AvgIpc) is 2.75. The van der Waals surface area contributed by atoms with E-state index in [1.807, 2.05) is 0 Å². The highest BCUT2D eigenvalue weighted by Crippen LogP contribution is 2.38. The van der Waals surface area contributed by atoms with Gasteiger partial charge in [0.05, 0.1) is 16.1 Å². The number of nitrogens with one attached hydrogen (secondary N) is 1. The summed E-state index contributed by atoms with van der Waals surface area (Å²) in [6, 6.07) is 4.24. The molecule has 1 aromatic rings. The van der Waals surface area contributed by atoms with Gasteiger partial charge >= 0.3 is 5.97 Å². The minimum absolute atomic E-state index is 0.310. The molecule has 0 spiro atoms. The minimum Gasteiger partial charge on any atom is -0.481 e. The summed E-state index contributed by atoms with van der Waals surface area (Å²) in [7, 11) is 0. The van der Waals surface area contributed by atoms with Crippen LogP contribution < -0.4 is 11.1 Å². The van der Waals surface area contributed by atoms with Crippen molar-refractivity contribution >= 4 is 29.2 Å². The maximum absolute atomic E-state index is 12.2. The molecular weight excluding hydrogens is 280 g/mol. The number of nitrogen functional groups attached to an aromatic ring is 1. The van der Waals surface area contributed by atoms with Crippen molar-refractivity contribution in [2.24, 2.45) is 5.41 Å². The van der Waals surface area contributed by atoms with E-state index in [1.54, 1.807) is 19.1 Å². The van der Waals surface area contributed by atoms with Gasteiger partial charge in [-0.25, -0.2) is 0 Å².